The summed E-state index contributed by atoms with van der Waals surface area (Å²) in [6, 6.07) is 7.76. The van der Waals surface area contributed by atoms with Crippen molar-refractivity contribution in [2.24, 2.45) is 0 Å². The van der Waals surface area contributed by atoms with Crippen LogP contribution in [0.1, 0.15) is 29.6 Å². The van der Waals surface area contributed by atoms with Crippen LogP contribution in [0.5, 0.6) is 5.75 Å². The van der Waals surface area contributed by atoms with Crippen molar-refractivity contribution >= 4 is 5.91 Å². The van der Waals surface area contributed by atoms with Crippen LogP contribution < -0.4 is 4.74 Å². The van der Waals surface area contributed by atoms with Crippen LogP contribution in [0.25, 0.3) is 0 Å². The Balaban J connectivity index is 1.64. The number of amides is 1. The fraction of sp³-hybridized carbons (Fsp3) is 0.471. The fourth-order valence-corrected chi connectivity index (χ4v) is 2.83. The van der Waals surface area contributed by atoms with Gasteiger partial charge in [-0.3, -0.25) is 4.79 Å². The van der Waals surface area contributed by atoms with E-state index >= 15 is 0 Å². The Morgan fingerprint density at radius 1 is 1.38 bits per heavy atom. The van der Waals surface area contributed by atoms with Gasteiger partial charge in [-0.15, -0.1) is 0 Å². The Morgan fingerprint density at radius 2 is 2.25 bits per heavy atom. The van der Waals surface area contributed by atoms with Crippen molar-refractivity contribution in [1.29, 1.82) is 0 Å². The Morgan fingerprint density at radius 3 is 3.04 bits per heavy atom. The maximum absolute atomic E-state index is 12.0. The first-order valence-electron chi connectivity index (χ1n) is 7.91. The molecule has 1 aromatic carbocycles. The van der Waals surface area contributed by atoms with Gasteiger partial charge in [0.1, 0.15) is 5.75 Å². The van der Waals surface area contributed by atoms with Crippen molar-refractivity contribution in [2.45, 2.75) is 18.8 Å². The molecule has 0 N–H and O–H groups in total. The lowest BCUT2D eigenvalue weighted by molar-refractivity contribution is -0.128. The smallest absolute Gasteiger partial charge is 0.232 e. The molecule has 3 rings (SSSR count). The molecule has 1 unspecified atom stereocenters. The van der Waals surface area contributed by atoms with Crippen LogP contribution >= 0.6 is 0 Å². The van der Waals surface area contributed by atoms with E-state index in [4.69, 9.17) is 14.0 Å². The van der Waals surface area contributed by atoms with E-state index in [-0.39, 0.29) is 11.8 Å². The number of carbonyl (C=O) groups excluding carboxylic acids is 1. The van der Waals surface area contributed by atoms with Crippen LogP contribution in [-0.2, 0) is 16.0 Å². The molecule has 0 saturated carbocycles. The van der Waals surface area contributed by atoms with Gasteiger partial charge in [-0.05, 0) is 17.7 Å². The van der Waals surface area contributed by atoms with Crippen molar-refractivity contribution in [1.82, 2.24) is 15.0 Å². The molecule has 0 bridgehead atoms. The molecule has 1 aromatic heterocycles. The number of carbonyl (C=O) groups is 1. The molecule has 7 heteroatoms. The van der Waals surface area contributed by atoms with E-state index in [2.05, 4.69) is 10.1 Å². The van der Waals surface area contributed by atoms with E-state index in [0.717, 1.165) is 11.3 Å². The minimum absolute atomic E-state index is 0.0408. The number of aromatic nitrogens is 2. The summed E-state index contributed by atoms with van der Waals surface area (Å²) in [5.41, 5.74) is 1.05. The predicted octanol–water partition coefficient (Wildman–Crippen LogP) is 1.63. The molecule has 1 saturated heterocycles. The zero-order valence-electron chi connectivity index (χ0n) is 13.9. The van der Waals surface area contributed by atoms with E-state index in [1.807, 2.05) is 24.3 Å². The largest absolute Gasteiger partial charge is 0.497 e. The second-order valence-corrected chi connectivity index (χ2v) is 5.81. The van der Waals surface area contributed by atoms with E-state index < -0.39 is 0 Å². The summed E-state index contributed by atoms with van der Waals surface area (Å²) in [4.78, 5) is 18.2. The van der Waals surface area contributed by atoms with Crippen molar-refractivity contribution in [3.8, 4) is 5.75 Å². The number of hydrogen-bond donors (Lipinski definition) is 0. The minimum Gasteiger partial charge on any atom is -0.497 e. The molecular formula is C17H21N3O4. The van der Waals surface area contributed by atoms with Crippen molar-refractivity contribution in [3.05, 3.63) is 41.5 Å². The molecule has 0 radical (unpaired) electrons. The number of rotatable bonds is 7. The average Bonchev–Trinajstić information content (AvgIpc) is 3.20. The van der Waals surface area contributed by atoms with Crippen LogP contribution in [0.3, 0.4) is 0 Å². The molecule has 128 valence electrons. The van der Waals surface area contributed by atoms with Gasteiger partial charge < -0.3 is 18.9 Å². The highest BCUT2D eigenvalue weighted by Crippen LogP contribution is 2.27. The quantitative estimate of drug-likeness (QED) is 0.767. The highest BCUT2D eigenvalue weighted by Gasteiger charge is 2.33. The van der Waals surface area contributed by atoms with Gasteiger partial charge in [0.2, 0.25) is 11.8 Å². The van der Waals surface area contributed by atoms with Crippen molar-refractivity contribution in [2.75, 3.05) is 33.9 Å². The summed E-state index contributed by atoms with van der Waals surface area (Å²) in [6.07, 6.45) is 0.971. The summed E-state index contributed by atoms with van der Waals surface area (Å²) in [5, 5.41) is 4.04. The molecule has 1 fully saturated rings. The number of methoxy groups -OCH3 is 2. The zero-order valence-corrected chi connectivity index (χ0v) is 13.9. The molecule has 0 spiro atoms. The van der Waals surface area contributed by atoms with Crippen LogP contribution in [0.4, 0.5) is 0 Å². The normalized spacial score (nSPS) is 17.5. The topological polar surface area (TPSA) is 77.7 Å². The molecular weight excluding hydrogens is 310 g/mol. The summed E-state index contributed by atoms with van der Waals surface area (Å²) < 4.78 is 15.6. The van der Waals surface area contributed by atoms with Crippen molar-refractivity contribution in [3.63, 3.8) is 0 Å². The lowest BCUT2D eigenvalue weighted by atomic mass is 10.1. The lowest BCUT2D eigenvalue weighted by Crippen LogP contribution is -2.28. The van der Waals surface area contributed by atoms with E-state index in [0.29, 0.717) is 44.3 Å². The number of ether oxygens (including phenoxy) is 2. The van der Waals surface area contributed by atoms with Crippen LogP contribution in [-0.4, -0.2) is 54.9 Å². The maximum atomic E-state index is 12.0. The van der Waals surface area contributed by atoms with Gasteiger partial charge in [-0.1, -0.05) is 17.3 Å². The third-order valence-electron chi connectivity index (χ3n) is 4.11. The number of likely N-dealkylation sites (tertiary alicyclic amines) is 1. The number of nitrogens with zero attached hydrogens (tertiary/aromatic N) is 3. The first-order valence-corrected chi connectivity index (χ1v) is 7.91. The molecule has 2 aromatic rings. The first kappa shape index (κ1) is 16.4. The SMILES string of the molecule is COCCN1CC(c2nc(Cc3cccc(OC)c3)no2)CC1=O. The minimum atomic E-state index is -0.0408. The average molecular weight is 331 g/mol. The Hall–Kier alpha value is -2.41. The van der Waals surface area contributed by atoms with Gasteiger partial charge in [0.25, 0.3) is 0 Å². The Labute approximate surface area is 140 Å². The zero-order chi connectivity index (χ0) is 16.9. The van der Waals surface area contributed by atoms with Gasteiger partial charge in [0.15, 0.2) is 5.82 Å². The van der Waals surface area contributed by atoms with E-state index in [1.54, 1.807) is 19.1 Å². The summed E-state index contributed by atoms with van der Waals surface area (Å²) >= 11 is 0. The van der Waals surface area contributed by atoms with E-state index in [9.17, 15) is 4.79 Å². The lowest BCUT2D eigenvalue weighted by Gasteiger charge is -2.14. The van der Waals surface area contributed by atoms with Gasteiger partial charge in [-0.2, -0.15) is 4.98 Å². The fourth-order valence-electron chi connectivity index (χ4n) is 2.83. The van der Waals surface area contributed by atoms with Crippen LogP contribution in [0, 0.1) is 0 Å². The van der Waals surface area contributed by atoms with Gasteiger partial charge in [0, 0.05) is 33.0 Å². The Kier molecular flexibility index (Phi) is 5.10. The van der Waals surface area contributed by atoms with E-state index in [1.165, 1.54) is 0 Å². The summed E-state index contributed by atoms with van der Waals surface area (Å²) in [5.74, 6) is 2.00. The highest BCUT2D eigenvalue weighted by atomic mass is 16.5. The standard InChI is InChI=1S/C17H21N3O4/c1-22-7-6-20-11-13(10-16(20)21)17-18-15(19-24-17)9-12-4-3-5-14(8-12)23-2/h3-5,8,13H,6-7,9-11H2,1-2H3. The van der Waals surface area contributed by atoms with Gasteiger partial charge >= 0.3 is 0 Å². The van der Waals surface area contributed by atoms with Crippen molar-refractivity contribution < 1.29 is 18.8 Å². The molecule has 1 amide bonds. The van der Waals surface area contributed by atoms with Gasteiger partial charge in [-0.25, -0.2) is 0 Å². The molecule has 0 aliphatic carbocycles. The molecule has 2 heterocycles. The number of benzene rings is 1. The summed E-state index contributed by atoms with van der Waals surface area (Å²) in [7, 11) is 3.26. The third kappa shape index (κ3) is 3.73. The molecule has 7 nitrogen and oxygen atoms in total. The second-order valence-electron chi connectivity index (χ2n) is 5.81. The molecule has 1 aliphatic rings. The second kappa shape index (κ2) is 7.44. The third-order valence-corrected chi connectivity index (χ3v) is 4.11. The number of hydrogen-bond acceptors (Lipinski definition) is 6. The maximum Gasteiger partial charge on any atom is 0.232 e. The van der Waals surface area contributed by atoms with Crippen LogP contribution in [0.2, 0.25) is 0 Å². The van der Waals surface area contributed by atoms with Gasteiger partial charge in [0.05, 0.1) is 19.6 Å². The monoisotopic (exact) mass is 331 g/mol. The first-order chi connectivity index (χ1) is 11.7. The summed E-state index contributed by atoms with van der Waals surface area (Å²) in [6.45, 7) is 1.73. The molecule has 1 aliphatic heterocycles. The predicted molar refractivity (Wildman–Crippen MR) is 85.9 cm³/mol. The Bertz CT molecular complexity index is 701. The molecule has 1 atom stereocenters. The molecule has 24 heavy (non-hydrogen) atoms. The highest BCUT2D eigenvalue weighted by molar-refractivity contribution is 5.79. The van der Waals surface area contributed by atoms with Crippen LogP contribution in [0.15, 0.2) is 28.8 Å².